The molecule has 0 bridgehead atoms. The summed E-state index contributed by atoms with van der Waals surface area (Å²) in [6.07, 6.45) is 4.66. The summed E-state index contributed by atoms with van der Waals surface area (Å²) in [5, 5.41) is 9.19. The Bertz CT molecular complexity index is 392. The van der Waals surface area contributed by atoms with Crippen molar-refractivity contribution < 1.29 is 18.3 Å². The van der Waals surface area contributed by atoms with Gasteiger partial charge in [-0.25, -0.2) is 8.42 Å². The first kappa shape index (κ1) is 12.8. The third kappa shape index (κ3) is 2.63. The normalized spacial score (nSPS) is 34.4. The zero-order valence-electron chi connectivity index (χ0n) is 9.84. The van der Waals surface area contributed by atoms with E-state index in [1.807, 2.05) is 0 Å². The van der Waals surface area contributed by atoms with Crippen LogP contribution in [-0.4, -0.2) is 42.1 Å². The zero-order valence-corrected chi connectivity index (χ0v) is 10.7. The Kier molecular flexibility index (Phi) is 3.73. The maximum absolute atomic E-state index is 12.0. The van der Waals surface area contributed by atoms with Crippen LogP contribution >= 0.6 is 0 Å². The molecule has 1 aliphatic heterocycles. The lowest BCUT2D eigenvalue weighted by atomic mass is 9.84. The van der Waals surface area contributed by atoms with Crippen LogP contribution in [0.2, 0.25) is 0 Å². The standard InChI is InChI=1S/C11H19NO4S/c13-11(14)9-5-1-2-6-10(9)12-7-3-4-8-17(12,15)16/h9-10H,1-8H2,(H,13,14). The van der Waals surface area contributed by atoms with Gasteiger partial charge in [-0.3, -0.25) is 4.79 Å². The van der Waals surface area contributed by atoms with Crippen molar-refractivity contribution in [3.63, 3.8) is 0 Å². The van der Waals surface area contributed by atoms with Crippen molar-refractivity contribution in [3.05, 3.63) is 0 Å². The van der Waals surface area contributed by atoms with Gasteiger partial charge >= 0.3 is 5.97 Å². The monoisotopic (exact) mass is 261 g/mol. The van der Waals surface area contributed by atoms with Gasteiger partial charge in [0.2, 0.25) is 10.0 Å². The summed E-state index contributed by atoms with van der Waals surface area (Å²) < 4.78 is 25.4. The largest absolute Gasteiger partial charge is 0.481 e. The van der Waals surface area contributed by atoms with Crippen LogP contribution in [0.4, 0.5) is 0 Å². The molecule has 1 saturated carbocycles. The van der Waals surface area contributed by atoms with Crippen molar-refractivity contribution in [2.45, 2.75) is 44.6 Å². The molecular formula is C11H19NO4S. The number of carboxylic acids is 1. The molecule has 0 spiro atoms. The van der Waals surface area contributed by atoms with E-state index in [1.54, 1.807) is 0 Å². The Hall–Kier alpha value is -0.620. The lowest BCUT2D eigenvalue weighted by Gasteiger charge is -2.39. The summed E-state index contributed by atoms with van der Waals surface area (Å²) in [5.74, 6) is -1.19. The molecule has 98 valence electrons. The van der Waals surface area contributed by atoms with Crippen LogP contribution in [0.3, 0.4) is 0 Å². The van der Waals surface area contributed by atoms with Gasteiger partial charge in [-0.15, -0.1) is 0 Å². The second kappa shape index (κ2) is 4.94. The molecule has 1 aliphatic carbocycles. The Morgan fingerprint density at radius 3 is 2.47 bits per heavy atom. The van der Waals surface area contributed by atoms with Gasteiger partial charge < -0.3 is 5.11 Å². The second-order valence-electron chi connectivity index (χ2n) is 4.93. The van der Waals surface area contributed by atoms with E-state index in [1.165, 1.54) is 4.31 Å². The number of nitrogens with zero attached hydrogens (tertiary/aromatic N) is 1. The number of sulfonamides is 1. The average molecular weight is 261 g/mol. The predicted molar refractivity (Wildman–Crippen MR) is 63.1 cm³/mol. The fraction of sp³-hybridized carbons (Fsp3) is 0.909. The minimum Gasteiger partial charge on any atom is -0.481 e. The lowest BCUT2D eigenvalue weighted by molar-refractivity contribution is -0.144. The van der Waals surface area contributed by atoms with Gasteiger partial charge in [0.15, 0.2) is 0 Å². The highest BCUT2D eigenvalue weighted by atomic mass is 32.2. The number of hydrogen-bond acceptors (Lipinski definition) is 3. The van der Waals surface area contributed by atoms with Gasteiger partial charge in [-0.05, 0) is 25.7 Å². The topological polar surface area (TPSA) is 74.7 Å². The molecule has 1 heterocycles. The molecule has 6 heteroatoms. The summed E-state index contributed by atoms with van der Waals surface area (Å²) in [6.45, 7) is 0.497. The second-order valence-corrected chi connectivity index (χ2v) is 6.97. The van der Waals surface area contributed by atoms with Crippen LogP contribution < -0.4 is 0 Å². The molecule has 1 N–H and O–H groups in total. The quantitative estimate of drug-likeness (QED) is 0.806. The van der Waals surface area contributed by atoms with E-state index >= 15 is 0 Å². The minimum atomic E-state index is -3.22. The van der Waals surface area contributed by atoms with Crippen LogP contribution in [0.1, 0.15) is 38.5 Å². The Morgan fingerprint density at radius 1 is 1.12 bits per heavy atom. The van der Waals surface area contributed by atoms with E-state index < -0.39 is 21.9 Å². The first-order valence-electron chi connectivity index (χ1n) is 6.25. The van der Waals surface area contributed by atoms with Crippen molar-refractivity contribution >= 4 is 16.0 Å². The number of hydrogen-bond donors (Lipinski definition) is 1. The van der Waals surface area contributed by atoms with Crippen LogP contribution in [0.15, 0.2) is 0 Å². The average Bonchev–Trinajstić information content (AvgIpc) is 2.28. The minimum absolute atomic E-state index is 0.176. The van der Waals surface area contributed by atoms with Gasteiger partial charge in [-0.2, -0.15) is 4.31 Å². The van der Waals surface area contributed by atoms with E-state index in [-0.39, 0.29) is 11.8 Å². The van der Waals surface area contributed by atoms with Crippen molar-refractivity contribution in [1.29, 1.82) is 0 Å². The maximum Gasteiger partial charge on any atom is 0.308 e. The van der Waals surface area contributed by atoms with E-state index in [0.717, 1.165) is 19.3 Å². The molecule has 2 atom stereocenters. The number of carbonyl (C=O) groups is 1. The summed E-state index contributed by atoms with van der Waals surface area (Å²) >= 11 is 0. The predicted octanol–water partition coefficient (Wildman–Crippen LogP) is 1.06. The Balaban J connectivity index is 2.21. The molecule has 1 saturated heterocycles. The molecule has 2 rings (SSSR count). The summed E-state index contributed by atoms with van der Waals surface area (Å²) in [4.78, 5) is 11.2. The molecule has 0 radical (unpaired) electrons. The molecule has 2 unspecified atom stereocenters. The smallest absolute Gasteiger partial charge is 0.308 e. The SMILES string of the molecule is O=C(O)C1CCCCC1N1CCCCS1(=O)=O. The fourth-order valence-corrected chi connectivity index (χ4v) is 4.80. The van der Waals surface area contributed by atoms with Crippen LogP contribution in [-0.2, 0) is 14.8 Å². The molecular weight excluding hydrogens is 242 g/mol. The van der Waals surface area contributed by atoms with E-state index in [9.17, 15) is 18.3 Å². The molecule has 5 nitrogen and oxygen atoms in total. The van der Waals surface area contributed by atoms with E-state index in [4.69, 9.17) is 0 Å². The van der Waals surface area contributed by atoms with Crippen LogP contribution in [0.25, 0.3) is 0 Å². The summed E-state index contributed by atoms with van der Waals surface area (Å²) in [5.41, 5.74) is 0. The van der Waals surface area contributed by atoms with Gasteiger partial charge in [0.05, 0.1) is 11.7 Å². The summed E-state index contributed by atoms with van der Waals surface area (Å²) in [7, 11) is -3.22. The van der Waals surface area contributed by atoms with Crippen molar-refractivity contribution in [1.82, 2.24) is 4.31 Å². The molecule has 0 aromatic heterocycles. The van der Waals surface area contributed by atoms with Crippen LogP contribution in [0, 0.1) is 5.92 Å². The van der Waals surface area contributed by atoms with Gasteiger partial charge in [0, 0.05) is 12.6 Å². The Labute approximate surface area is 102 Å². The molecule has 0 aromatic carbocycles. The molecule has 17 heavy (non-hydrogen) atoms. The molecule has 0 amide bonds. The number of rotatable bonds is 2. The molecule has 2 fully saturated rings. The van der Waals surface area contributed by atoms with Gasteiger partial charge in [0.25, 0.3) is 0 Å². The highest BCUT2D eigenvalue weighted by molar-refractivity contribution is 7.89. The summed E-state index contributed by atoms with van der Waals surface area (Å²) in [6, 6.07) is -0.313. The highest BCUT2D eigenvalue weighted by Crippen LogP contribution is 2.32. The first-order chi connectivity index (χ1) is 8.02. The third-order valence-electron chi connectivity index (χ3n) is 3.80. The molecule has 2 aliphatic rings. The highest BCUT2D eigenvalue weighted by Gasteiger charge is 2.40. The lowest BCUT2D eigenvalue weighted by Crippen LogP contribution is -2.51. The third-order valence-corrected chi connectivity index (χ3v) is 5.78. The Morgan fingerprint density at radius 2 is 1.82 bits per heavy atom. The van der Waals surface area contributed by atoms with Gasteiger partial charge in [0.1, 0.15) is 0 Å². The van der Waals surface area contributed by atoms with E-state index in [0.29, 0.717) is 25.8 Å². The fourth-order valence-electron chi connectivity index (χ4n) is 2.92. The maximum atomic E-state index is 12.0. The zero-order chi connectivity index (χ0) is 12.5. The van der Waals surface area contributed by atoms with Crippen molar-refractivity contribution in [3.8, 4) is 0 Å². The number of carboxylic acid groups (broad SMARTS) is 1. The van der Waals surface area contributed by atoms with E-state index in [2.05, 4.69) is 0 Å². The number of aliphatic carboxylic acids is 1. The van der Waals surface area contributed by atoms with Crippen LogP contribution in [0.5, 0.6) is 0 Å². The molecule has 0 aromatic rings. The van der Waals surface area contributed by atoms with Gasteiger partial charge in [-0.1, -0.05) is 12.8 Å². The van der Waals surface area contributed by atoms with Crippen molar-refractivity contribution in [2.75, 3.05) is 12.3 Å². The van der Waals surface area contributed by atoms with Crippen molar-refractivity contribution in [2.24, 2.45) is 5.92 Å². The first-order valence-corrected chi connectivity index (χ1v) is 7.85.